The summed E-state index contributed by atoms with van der Waals surface area (Å²) < 4.78 is 13.6. The van der Waals surface area contributed by atoms with Gasteiger partial charge in [0.1, 0.15) is 24.7 Å². The maximum atomic E-state index is 13.6. The molecule has 174 valence electrons. The minimum atomic E-state index is -0.461. The number of likely N-dealkylation sites (N-methyl/N-ethyl adjacent to an activating group) is 1. The van der Waals surface area contributed by atoms with Gasteiger partial charge >= 0.3 is 0 Å². The molecule has 4 unspecified atom stereocenters. The van der Waals surface area contributed by atoms with Crippen molar-refractivity contribution in [1.29, 1.82) is 0 Å². The van der Waals surface area contributed by atoms with Crippen molar-refractivity contribution in [1.82, 2.24) is 14.7 Å². The van der Waals surface area contributed by atoms with Gasteiger partial charge < -0.3 is 10.6 Å². The smallest absolute Gasteiger partial charge is 0.139 e. The third-order valence-corrected chi connectivity index (χ3v) is 7.56. The summed E-state index contributed by atoms with van der Waals surface area (Å²) in [6.07, 6.45) is 8.30. The molecule has 2 heterocycles. The largest absolute Gasteiger partial charge is 0.315 e. The molecule has 0 radical (unpaired) electrons. The lowest BCUT2D eigenvalue weighted by Crippen LogP contribution is -2.80. The van der Waals surface area contributed by atoms with Crippen LogP contribution in [-0.4, -0.2) is 65.3 Å². The van der Waals surface area contributed by atoms with Gasteiger partial charge in [-0.1, -0.05) is 32.6 Å². The van der Waals surface area contributed by atoms with E-state index in [1.54, 1.807) is 12.1 Å². The fraction of sp³-hybridized carbons (Fsp3) is 0.739. The van der Waals surface area contributed by atoms with Crippen LogP contribution >= 0.6 is 0 Å². The number of benzene rings is 1. The summed E-state index contributed by atoms with van der Waals surface area (Å²) in [5.41, 5.74) is 21.4. The van der Waals surface area contributed by atoms with Gasteiger partial charge in [0.25, 0.3) is 0 Å². The van der Waals surface area contributed by atoms with Crippen molar-refractivity contribution < 1.29 is 4.39 Å². The molecule has 1 saturated carbocycles. The van der Waals surface area contributed by atoms with Crippen LogP contribution in [0.5, 0.6) is 0 Å². The first-order valence-corrected chi connectivity index (χ1v) is 12.1. The second kappa shape index (κ2) is 10.1. The van der Waals surface area contributed by atoms with E-state index in [1.807, 2.05) is 4.90 Å². The Labute approximate surface area is 186 Å². The second-order valence-corrected chi connectivity index (χ2v) is 9.34. The monoisotopic (exact) mass is 433 g/mol. The van der Waals surface area contributed by atoms with E-state index >= 15 is 0 Å². The van der Waals surface area contributed by atoms with Crippen LogP contribution in [0.15, 0.2) is 24.3 Å². The molecule has 3 fully saturated rings. The van der Waals surface area contributed by atoms with E-state index in [1.165, 1.54) is 44.2 Å². The molecule has 0 spiro atoms. The lowest BCUT2D eigenvalue weighted by atomic mass is 10.1. The zero-order chi connectivity index (χ0) is 22.0. The third kappa shape index (κ3) is 4.74. The SMILES string of the molecule is CCN1CCCC1CN1C(N)N(c2ccc(F)cc2)C(N)N(C2CCCCCC2)C1N. The zero-order valence-electron chi connectivity index (χ0n) is 18.9. The fourth-order valence-electron chi connectivity index (χ4n) is 5.83. The van der Waals surface area contributed by atoms with E-state index in [9.17, 15) is 4.39 Å². The molecule has 2 saturated heterocycles. The Bertz CT molecular complexity index is 694. The van der Waals surface area contributed by atoms with Gasteiger partial charge in [0.15, 0.2) is 0 Å². The molecule has 7 nitrogen and oxygen atoms in total. The van der Waals surface area contributed by atoms with Crippen LogP contribution in [0.3, 0.4) is 0 Å². The average Bonchev–Trinajstić information content (AvgIpc) is 3.05. The third-order valence-electron chi connectivity index (χ3n) is 7.56. The first-order chi connectivity index (χ1) is 15.0. The summed E-state index contributed by atoms with van der Waals surface area (Å²) in [5, 5.41) is 0. The van der Waals surface area contributed by atoms with Gasteiger partial charge in [0, 0.05) is 24.3 Å². The molecular formula is C23H40FN7. The van der Waals surface area contributed by atoms with Gasteiger partial charge in [-0.3, -0.25) is 16.4 Å². The van der Waals surface area contributed by atoms with Crippen LogP contribution in [0.4, 0.5) is 10.1 Å². The molecule has 8 heteroatoms. The van der Waals surface area contributed by atoms with Gasteiger partial charge in [0.2, 0.25) is 0 Å². The molecule has 4 rings (SSSR count). The van der Waals surface area contributed by atoms with Gasteiger partial charge in [-0.25, -0.2) is 14.2 Å². The number of hydrogen-bond donors (Lipinski definition) is 3. The van der Waals surface area contributed by atoms with E-state index in [4.69, 9.17) is 17.2 Å². The Morgan fingerprint density at radius 3 is 2.19 bits per heavy atom. The summed E-state index contributed by atoms with van der Waals surface area (Å²) in [6.45, 7) is 5.19. The second-order valence-electron chi connectivity index (χ2n) is 9.34. The molecule has 3 aliphatic rings. The van der Waals surface area contributed by atoms with Gasteiger partial charge in [-0.2, -0.15) is 0 Å². The quantitative estimate of drug-likeness (QED) is 0.613. The molecule has 0 bridgehead atoms. The molecule has 4 atom stereocenters. The molecule has 31 heavy (non-hydrogen) atoms. The average molecular weight is 434 g/mol. The number of likely N-dealkylation sites (tertiary alicyclic amines) is 1. The van der Waals surface area contributed by atoms with Gasteiger partial charge in [0.05, 0.1) is 0 Å². The highest BCUT2D eigenvalue weighted by Crippen LogP contribution is 2.32. The predicted octanol–water partition coefficient (Wildman–Crippen LogP) is 2.18. The molecule has 6 N–H and O–H groups in total. The number of hydrogen-bond acceptors (Lipinski definition) is 7. The number of rotatable bonds is 5. The summed E-state index contributed by atoms with van der Waals surface area (Å²) >= 11 is 0. The highest BCUT2D eigenvalue weighted by molar-refractivity contribution is 5.48. The minimum absolute atomic E-state index is 0.262. The van der Waals surface area contributed by atoms with E-state index in [0.717, 1.165) is 44.6 Å². The standard InChI is InChI=1S/C23H40FN7/c1-2-28-15-7-10-20(28)16-29-21(25)30(18-8-5-3-4-6-9-18)23(27)31(22(29)26)19-13-11-17(24)12-14-19/h11-14,18,20-23H,2-10,15-16,25-27H2,1H3. The molecule has 0 aromatic heterocycles. The maximum absolute atomic E-state index is 13.6. The predicted molar refractivity (Wildman–Crippen MR) is 123 cm³/mol. The topological polar surface area (TPSA) is 91.0 Å². The summed E-state index contributed by atoms with van der Waals surface area (Å²) in [4.78, 5) is 9.00. The van der Waals surface area contributed by atoms with Crippen molar-refractivity contribution in [3.63, 3.8) is 0 Å². The van der Waals surface area contributed by atoms with Crippen LogP contribution in [0.25, 0.3) is 0 Å². The van der Waals surface area contributed by atoms with E-state index in [-0.39, 0.29) is 12.1 Å². The Balaban J connectivity index is 1.65. The Kier molecular flexibility index (Phi) is 7.46. The van der Waals surface area contributed by atoms with Crippen LogP contribution < -0.4 is 22.1 Å². The normalized spacial score (nSPS) is 32.5. The molecule has 0 amide bonds. The molecule has 1 aromatic rings. The molecule has 1 aromatic carbocycles. The van der Waals surface area contributed by atoms with Crippen LogP contribution in [0, 0.1) is 5.82 Å². The summed E-state index contributed by atoms with van der Waals surface area (Å²) in [7, 11) is 0. The number of anilines is 1. The van der Waals surface area contributed by atoms with Crippen LogP contribution in [0.2, 0.25) is 0 Å². The minimum Gasteiger partial charge on any atom is -0.315 e. The fourth-order valence-corrected chi connectivity index (χ4v) is 5.83. The molecular weight excluding hydrogens is 393 g/mol. The van der Waals surface area contributed by atoms with Crippen molar-refractivity contribution in [2.45, 2.75) is 89.2 Å². The highest BCUT2D eigenvalue weighted by atomic mass is 19.1. The van der Waals surface area contributed by atoms with Gasteiger partial charge in [-0.15, -0.1) is 0 Å². The molecule has 2 aliphatic heterocycles. The Morgan fingerprint density at radius 1 is 0.871 bits per heavy atom. The first kappa shape index (κ1) is 22.9. The van der Waals surface area contributed by atoms with E-state index in [0.29, 0.717) is 12.1 Å². The summed E-state index contributed by atoms with van der Waals surface area (Å²) in [6, 6.07) is 7.25. The number of nitrogens with zero attached hydrogens (tertiary/aromatic N) is 4. The number of nitrogens with two attached hydrogens (primary N) is 3. The first-order valence-electron chi connectivity index (χ1n) is 12.1. The van der Waals surface area contributed by atoms with E-state index < -0.39 is 12.6 Å². The van der Waals surface area contributed by atoms with Crippen LogP contribution in [0.1, 0.15) is 58.3 Å². The van der Waals surface area contributed by atoms with Crippen molar-refractivity contribution >= 4 is 5.69 Å². The van der Waals surface area contributed by atoms with Crippen molar-refractivity contribution in [2.75, 3.05) is 24.5 Å². The van der Waals surface area contributed by atoms with E-state index in [2.05, 4.69) is 21.6 Å². The van der Waals surface area contributed by atoms with Gasteiger partial charge in [-0.05, 0) is 63.0 Å². The Hall–Kier alpha value is -1.29. The van der Waals surface area contributed by atoms with Crippen LogP contribution in [-0.2, 0) is 0 Å². The maximum Gasteiger partial charge on any atom is 0.139 e. The van der Waals surface area contributed by atoms with Crippen molar-refractivity contribution in [3.8, 4) is 0 Å². The Morgan fingerprint density at radius 2 is 1.55 bits per heavy atom. The number of halogens is 1. The lowest BCUT2D eigenvalue weighted by Gasteiger charge is -2.57. The zero-order valence-corrected chi connectivity index (χ0v) is 18.9. The summed E-state index contributed by atoms with van der Waals surface area (Å²) in [5.74, 6) is -0.262. The molecule has 1 aliphatic carbocycles. The highest BCUT2D eigenvalue weighted by Gasteiger charge is 2.46. The van der Waals surface area contributed by atoms with Crippen molar-refractivity contribution in [3.05, 3.63) is 30.1 Å². The van der Waals surface area contributed by atoms with Crippen molar-refractivity contribution in [2.24, 2.45) is 17.2 Å². The lowest BCUT2D eigenvalue weighted by molar-refractivity contribution is -0.0917.